The molecule has 9 heteroatoms. The van der Waals surface area contributed by atoms with Crippen molar-refractivity contribution in [3.63, 3.8) is 0 Å². The molecule has 0 fully saturated rings. The lowest BCUT2D eigenvalue weighted by Crippen LogP contribution is -2.45. The van der Waals surface area contributed by atoms with Gasteiger partial charge in [0.15, 0.2) is 0 Å². The van der Waals surface area contributed by atoms with Gasteiger partial charge in [-0.05, 0) is 49.2 Å². The van der Waals surface area contributed by atoms with Gasteiger partial charge in [0.2, 0.25) is 15.9 Å². The van der Waals surface area contributed by atoms with Crippen molar-refractivity contribution in [2.45, 2.75) is 26.8 Å². The van der Waals surface area contributed by atoms with Crippen LogP contribution in [0.5, 0.6) is 0 Å². The molecule has 0 aliphatic heterocycles. The fourth-order valence-electron chi connectivity index (χ4n) is 2.82. The summed E-state index contributed by atoms with van der Waals surface area (Å²) < 4.78 is 38.8. The van der Waals surface area contributed by atoms with Gasteiger partial charge in [-0.1, -0.05) is 26.0 Å². The van der Waals surface area contributed by atoms with Crippen molar-refractivity contribution in [2.75, 3.05) is 22.4 Å². The molecule has 7 nitrogen and oxygen atoms in total. The van der Waals surface area contributed by atoms with E-state index in [2.05, 4.69) is 10.6 Å². The minimum Gasteiger partial charge on any atom is -0.352 e. The first-order valence-corrected chi connectivity index (χ1v) is 11.3. The van der Waals surface area contributed by atoms with Crippen molar-refractivity contribution >= 4 is 33.2 Å². The van der Waals surface area contributed by atoms with Gasteiger partial charge < -0.3 is 10.6 Å². The molecule has 0 bridgehead atoms. The molecular formula is C21H26FN3O4S. The second kappa shape index (κ2) is 9.71. The molecule has 0 unspecified atom stereocenters. The zero-order chi connectivity index (χ0) is 22.5. The van der Waals surface area contributed by atoms with Crippen molar-refractivity contribution in [3.8, 4) is 0 Å². The molecule has 2 N–H and O–H groups in total. The predicted octanol–water partition coefficient (Wildman–Crippen LogP) is 3.00. The molecule has 30 heavy (non-hydrogen) atoms. The number of nitrogens with zero attached hydrogens (tertiary/aromatic N) is 1. The molecule has 0 saturated carbocycles. The number of para-hydroxylation sites is 1. The fourth-order valence-corrected chi connectivity index (χ4v) is 3.99. The molecule has 2 rings (SSSR count). The number of anilines is 2. The molecular weight excluding hydrogens is 409 g/mol. The maximum Gasteiger partial charge on any atom is 0.253 e. The number of sulfonamides is 1. The highest BCUT2D eigenvalue weighted by Crippen LogP contribution is 2.23. The molecule has 0 aliphatic carbocycles. The van der Waals surface area contributed by atoms with Crippen LogP contribution in [0.1, 0.15) is 31.1 Å². The van der Waals surface area contributed by atoms with Crippen LogP contribution in [0.15, 0.2) is 48.5 Å². The van der Waals surface area contributed by atoms with E-state index in [0.717, 1.165) is 22.7 Å². The van der Waals surface area contributed by atoms with Crippen LogP contribution in [0.4, 0.5) is 15.8 Å². The minimum atomic E-state index is -3.84. The molecule has 0 saturated heterocycles. The van der Waals surface area contributed by atoms with Gasteiger partial charge >= 0.3 is 0 Å². The molecule has 2 aromatic carbocycles. The molecule has 0 spiro atoms. The van der Waals surface area contributed by atoms with Crippen LogP contribution < -0.4 is 14.9 Å². The smallest absolute Gasteiger partial charge is 0.253 e. The Labute approximate surface area is 176 Å². The van der Waals surface area contributed by atoms with Crippen molar-refractivity contribution in [2.24, 2.45) is 5.92 Å². The molecule has 162 valence electrons. The molecule has 0 heterocycles. The lowest BCUT2D eigenvalue weighted by molar-refractivity contribution is -0.116. The Morgan fingerprint density at radius 3 is 2.20 bits per heavy atom. The predicted molar refractivity (Wildman–Crippen MR) is 115 cm³/mol. The van der Waals surface area contributed by atoms with Crippen LogP contribution in [0.3, 0.4) is 0 Å². The van der Waals surface area contributed by atoms with Crippen LogP contribution in [0.25, 0.3) is 0 Å². The number of hydrogen-bond acceptors (Lipinski definition) is 4. The summed E-state index contributed by atoms with van der Waals surface area (Å²) in [7, 11) is -3.84. The summed E-state index contributed by atoms with van der Waals surface area (Å²) in [6.07, 6.45) is 0.966. The summed E-state index contributed by atoms with van der Waals surface area (Å²) in [6, 6.07) is 10.1. The summed E-state index contributed by atoms with van der Waals surface area (Å²) in [6.45, 7) is 5.82. The maximum atomic E-state index is 13.2. The Hall–Kier alpha value is -2.94. The lowest BCUT2D eigenvalue weighted by Gasteiger charge is -2.28. The van der Waals surface area contributed by atoms with Gasteiger partial charge in [0.1, 0.15) is 11.9 Å². The second-order valence-electron chi connectivity index (χ2n) is 7.35. The molecule has 0 radical (unpaired) electrons. The number of benzene rings is 2. The summed E-state index contributed by atoms with van der Waals surface area (Å²) in [5, 5.41) is 5.42. The zero-order valence-corrected chi connectivity index (χ0v) is 18.2. The van der Waals surface area contributed by atoms with Gasteiger partial charge in [-0.3, -0.25) is 13.9 Å². The Kier molecular flexibility index (Phi) is 7.55. The third-order valence-electron chi connectivity index (χ3n) is 4.27. The van der Waals surface area contributed by atoms with E-state index < -0.39 is 27.8 Å². The average molecular weight is 436 g/mol. The number of nitrogens with one attached hydrogen (secondary N) is 2. The number of hydrogen-bond donors (Lipinski definition) is 2. The first-order chi connectivity index (χ1) is 14.0. The summed E-state index contributed by atoms with van der Waals surface area (Å²) in [5.74, 6) is -1.24. The molecule has 0 aromatic heterocycles. The largest absolute Gasteiger partial charge is 0.352 e. The third-order valence-corrected chi connectivity index (χ3v) is 5.51. The quantitative estimate of drug-likeness (QED) is 0.666. The van der Waals surface area contributed by atoms with E-state index in [4.69, 9.17) is 0 Å². The number of carbonyl (C=O) groups excluding carboxylic acids is 2. The average Bonchev–Trinajstić information content (AvgIpc) is 2.67. The van der Waals surface area contributed by atoms with Crippen molar-refractivity contribution in [3.05, 3.63) is 59.9 Å². The first kappa shape index (κ1) is 23.3. The van der Waals surface area contributed by atoms with E-state index in [9.17, 15) is 22.4 Å². The van der Waals surface area contributed by atoms with Crippen LogP contribution in [-0.2, 0) is 14.8 Å². The normalized spacial score (nSPS) is 12.3. The van der Waals surface area contributed by atoms with Gasteiger partial charge in [0.05, 0.1) is 23.2 Å². The SMILES string of the molecule is CC(C)CNC(=O)c1ccccc1NC(=O)[C@@H](C)N(c1ccc(F)cc1)S(C)(=O)=O. The van der Waals surface area contributed by atoms with Crippen molar-refractivity contribution < 1.29 is 22.4 Å². The van der Waals surface area contributed by atoms with E-state index >= 15 is 0 Å². The summed E-state index contributed by atoms with van der Waals surface area (Å²) in [4.78, 5) is 25.3. The highest BCUT2D eigenvalue weighted by Gasteiger charge is 2.29. The van der Waals surface area contributed by atoms with Gasteiger partial charge in [-0.25, -0.2) is 12.8 Å². The number of amides is 2. The van der Waals surface area contributed by atoms with Crippen LogP contribution in [0.2, 0.25) is 0 Å². The molecule has 0 aliphatic rings. The van der Waals surface area contributed by atoms with Crippen LogP contribution in [-0.4, -0.2) is 39.1 Å². The topological polar surface area (TPSA) is 95.6 Å². The Balaban J connectivity index is 2.28. The standard InChI is InChI=1S/C21H26FN3O4S/c1-14(2)13-23-21(27)18-7-5-6-8-19(18)24-20(26)15(3)25(30(4,28)29)17-11-9-16(22)10-12-17/h5-12,14-15H,13H2,1-4H3,(H,23,27)(H,24,26)/t15-/m1/s1. The van der Waals surface area contributed by atoms with E-state index in [0.29, 0.717) is 6.54 Å². The van der Waals surface area contributed by atoms with Crippen molar-refractivity contribution in [1.82, 2.24) is 5.32 Å². The molecule has 1 atom stereocenters. The van der Waals surface area contributed by atoms with Gasteiger partial charge in [0.25, 0.3) is 5.91 Å². The third kappa shape index (κ3) is 6.03. The number of carbonyl (C=O) groups is 2. The molecule has 2 amide bonds. The van der Waals surface area contributed by atoms with E-state index in [-0.39, 0.29) is 28.8 Å². The maximum absolute atomic E-state index is 13.2. The minimum absolute atomic E-state index is 0.157. The van der Waals surface area contributed by atoms with E-state index in [1.165, 1.54) is 19.1 Å². The highest BCUT2D eigenvalue weighted by atomic mass is 32.2. The highest BCUT2D eigenvalue weighted by molar-refractivity contribution is 7.92. The van der Waals surface area contributed by atoms with Crippen LogP contribution in [0, 0.1) is 11.7 Å². The second-order valence-corrected chi connectivity index (χ2v) is 9.21. The van der Waals surface area contributed by atoms with Gasteiger partial charge in [-0.15, -0.1) is 0 Å². The molecule has 2 aromatic rings. The van der Waals surface area contributed by atoms with Gasteiger partial charge in [-0.2, -0.15) is 0 Å². The number of rotatable bonds is 8. The van der Waals surface area contributed by atoms with Crippen LogP contribution >= 0.6 is 0 Å². The van der Waals surface area contributed by atoms with E-state index in [1.807, 2.05) is 13.8 Å². The number of halogens is 1. The summed E-state index contributed by atoms with van der Waals surface area (Å²) >= 11 is 0. The Morgan fingerprint density at radius 2 is 1.63 bits per heavy atom. The summed E-state index contributed by atoms with van der Waals surface area (Å²) in [5.41, 5.74) is 0.694. The van der Waals surface area contributed by atoms with Crippen molar-refractivity contribution in [1.29, 1.82) is 0 Å². The first-order valence-electron chi connectivity index (χ1n) is 9.43. The van der Waals surface area contributed by atoms with Gasteiger partial charge in [0, 0.05) is 6.54 Å². The Bertz CT molecular complexity index is 1010. The van der Waals surface area contributed by atoms with E-state index in [1.54, 1.807) is 24.3 Å². The Morgan fingerprint density at radius 1 is 1.03 bits per heavy atom. The lowest BCUT2D eigenvalue weighted by atomic mass is 10.1. The fraction of sp³-hybridized carbons (Fsp3) is 0.333. The zero-order valence-electron chi connectivity index (χ0n) is 17.3. The monoisotopic (exact) mass is 435 g/mol.